The number of rotatable bonds is 9. The minimum Gasteiger partial charge on any atom is -0.493 e. The maximum Gasteiger partial charge on any atom is 0.191 e. The van der Waals surface area contributed by atoms with E-state index < -0.39 is 0 Å². The van der Waals surface area contributed by atoms with Gasteiger partial charge in [-0.1, -0.05) is 6.07 Å². The van der Waals surface area contributed by atoms with E-state index >= 15 is 0 Å². The number of aliphatic hydroxyl groups is 1. The molecule has 26 heavy (non-hydrogen) atoms. The van der Waals surface area contributed by atoms with Crippen molar-refractivity contribution in [1.82, 2.24) is 10.6 Å². The van der Waals surface area contributed by atoms with Crippen LogP contribution in [0.5, 0.6) is 11.5 Å². The SMILES string of the molecule is CCNC(=NCc1ccsc1)NCc1ccc(OCCO)c(OC)c1.I. The number of hydrogen-bond donors (Lipinski definition) is 3. The zero-order valence-corrected chi connectivity index (χ0v) is 18.2. The molecule has 144 valence electrons. The van der Waals surface area contributed by atoms with Gasteiger partial charge in [-0.3, -0.25) is 0 Å². The number of methoxy groups -OCH3 is 1. The van der Waals surface area contributed by atoms with E-state index in [9.17, 15) is 0 Å². The number of thiophene rings is 1. The number of ether oxygens (including phenoxy) is 2. The van der Waals surface area contributed by atoms with Gasteiger partial charge in [0.1, 0.15) is 6.61 Å². The molecule has 1 aromatic carbocycles. The third-order valence-corrected chi connectivity index (χ3v) is 4.11. The number of halogens is 1. The van der Waals surface area contributed by atoms with Crippen molar-refractivity contribution < 1.29 is 14.6 Å². The molecule has 0 fully saturated rings. The summed E-state index contributed by atoms with van der Waals surface area (Å²) >= 11 is 1.67. The summed E-state index contributed by atoms with van der Waals surface area (Å²) in [4.78, 5) is 4.59. The van der Waals surface area contributed by atoms with Gasteiger partial charge in [0, 0.05) is 13.1 Å². The van der Waals surface area contributed by atoms with E-state index in [4.69, 9.17) is 14.6 Å². The Morgan fingerprint density at radius 1 is 1.19 bits per heavy atom. The molecule has 1 aromatic heterocycles. The molecule has 0 spiro atoms. The number of hydrogen-bond acceptors (Lipinski definition) is 5. The average Bonchev–Trinajstić information content (AvgIpc) is 3.16. The van der Waals surface area contributed by atoms with E-state index in [-0.39, 0.29) is 37.2 Å². The first kappa shape index (κ1) is 22.5. The number of nitrogens with zero attached hydrogens (tertiary/aromatic N) is 1. The fourth-order valence-electron chi connectivity index (χ4n) is 2.18. The number of nitrogens with one attached hydrogen (secondary N) is 2. The molecule has 0 unspecified atom stereocenters. The normalized spacial score (nSPS) is 10.8. The molecule has 0 radical (unpaired) electrons. The summed E-state index contributed by atoms with van der Waals surface area (Å²) in [6, 6.07) is 7.81. The standard InChI is InChI=1S/C18H25N3O3S.HI/c1-3-19-18(21-12-15-6-9-25-13-15)20-11-14-4-5-16(24-8-7-22)17(10-14)23-2;/h4-6,9-10,13,22H,3,7-8,11-12H2,1-2H3,(H2,19,20,21);1H. The van der Waals surface area contributed by atoms with Crippen LogP contribution >= 0.6 is 35.3 Å². The van der Waals surface area contributed by atoms with Gasteiger partial charge in [0.25, 0.3) is 0 Å². The fraction of sp³-hybridized carbons (Fsp3) is 0.389. The molecular weight excluding hydrogens is 465 g/mol. The van der Waals surface area contributed by atoms with Crippen LogP contribution in [0.1, 0.15) is 18.1 Å². The van der Waals surface area contributed by atoms with Crippen LogP contribution in [-0.4, -0.2) is 37.9 Å². The van der Waals surface area contributed by atoms with Gasteiger partial charge in [-0.25, -0.2) is 4.99 Å². The maximum absolute atomic E-state index is 8.87. The second-order valence-electron chi connectivity index (χ2n) is 5.24. The zero-order valence-electron chi connectivity index (χ0n) is 15.0. The third-order valence-electron chi connectivity index (χ3n) is 3.38. The number of aliphatic imine (C=N–C) groups is 1. The Labute approximate surface area is 175 Å². The minimum absolute atomic E-state index is 0. The van der Waals surface area contributed by atoms with Crippen molar-refractivity contribution in [1.29, 1.82) is 0 Å². The van der Waals surface area contributed by atoms with Crippen LogP contribution < -0.4 is 20.1 Å². The predicted octanol–water partition coefficient (Wildman–Crippen LogP) is 3.00. The van der Waals surface area contributed by atoms with Crippen LogP contribution in [0.2, 0.25) is 0 Å². The molecule has 2 rings (SSSR count). The molecule has 6 nitrogen and oxygen atoms in total. The molecule has 0 bridgehead atoms. The van der Waals surface area contributed by atoms with E-state index in [0.29, 0.717) is 24.6 Å². The molecule has 2 aromatic rings. The monoisotopic (exact) mass is 491 g/mol. The summed E-state index contributed by atoms with van der Waals surface area (Å²) < 4.78 is 10.8. The highest BCUT2D eigenvalue weighted by molar-refractivity contribution is 14.0. The highest BCUT2D eigenvalue weighted by Gasteiger charge is 2.06. The van der Waals surface area contributed by atoms with Gasteiger partial charge >= 0.3 is 0 Å². The van der Waals surface area contributed by atoms with Crippen LogP contribution in [0.3, 0.4) is 0 Å². The van der Waals surface area contributed by atoms with Gasteiger partial charge in [-0.15, -0.1) is 24.0 Å². The number of aliphatic hydroxyl groups excluding tert-OH is 1. The summed E-state index contributed by atoms with van der Waals surface area (Å²) in [5.74, 6) is 2.04. The van der Waals surface area contributed by atoms with E-state index in [1.54, 1.807) is 18.4 Å². The lowest BCUT2D eigenvalue weighted by atomic mass is 10.2. The smallest absolute Gasteiger partial charge is 0.191 e. The Morgan fingerprint density at radius 3 is 2.69 bits per heavy atom. The van der Waals surface area contributed by atoms with Crippen molar-refractivity contribution >= 4 is 41.3 Å². The first-order chi connectivity index (χ1) is 12.3. The predicted molar refractivity (Wildman–Crippen MR) is 117 cm³/mol. The lowest BCUT2D eigenvalue weighted by molar-refractivity contribution is 0.196. The van der Waals surface area contributed by atoms with Crippen molar-refractivity contribution in [3.63, 3.8) is 0 Å². The van der Waals surface area contributed by atoms with Crippen LogP contribution in [0.4, 0.5) is 0 Å². The molecule has 8 heteroatoms. The quantitative estimate of drug-likeness (QED) is 0.286. The Balaban J connectivity index is 0.00000338. The second-order valence-corrected chi connectivity index (χ2v) is 6.02. The second kappa shape index (κ2) is 12.8. The molecule has 0 saturated heterocycles. The number of guanidine groups is 1. The van der Waals surface area contributed by atoms with E-state index in [1.165, 1.54) is 5.56 Å². The van der Waals surface area contributed by atoms with Gasteiger partial charge in [0.2, 0.25) is 0 Å². The van der Waals surface area contributed by atoms with Gasteiger partial charge in [0.15, 0.2) is 17.5 Å². The molecule has 0 aliphatic rings. The summed E-state index contributed by atoms with van der Waals surface area (Å²) in [6.07, 6.45) is 0. The van der Waals surface area contributed by atoms with Crippen LogP contribution in [0.25, 0.3) is 0 Å². The largest absolute Gasteiger partial charge is 0.493 e. The molecule has 0 amide bonds. The molecular formula is C18H26IN3O3S. The first-order valence-corrected chi connectivity index (χ1v) is 9.15. The lowest BCUT2D eigenvalue weighted by Crippen LogP contribution is -2.36. The molecule has 3 N–H and O–H groups in total. The van der Waals surface area contributed by atoms with Crippen LogP contribution in [0.15, 0.2) is 40.0 Å². The minimum atomic E-state index is -0.0287. The van der Waals surface area contributed by atoms with Gasteiger partial charge in [-0.2, -0.15) is 11.3 Å². The van der Waals surface area contributed by atoms with Crippen molar-refractivity contribution in [3.8, 4) is 11.5 Å². The highest BCUT2D eigenvalue weighted by Crippen LogP contribution is 2.27. The summed E-state index contributed by atoms with van der Waals surface area (Å²) in [5.41, 5.74) is 2.25. The van der Waals surface area contributed by atoms with Gasteiger partial charge in [0.05, 0.1) is 20.3 Å². The van der Waals surface area contributed by atoms with E-state index in [1.807, 2.05) is 25.1 Å². The molecule has 0 aliphatic carbocycles. The van der Waals surface area contributed by atoms with Gasteiger partial charge in [-0.05, 0) is 47.0 Å². The summed E-state index contributed by atoms with van der Waals surface area (Å²) in [5, 5.41) is 19.6. The van der Waals surface area contributed by atoms with Crippen LogP contribution in [-0.2, 0) is 13.1 Å². The van der Waals surface area contributed by atoms with Crippen molar-refractivity contribution in [2.75, 3.05) is 26.9 Å². The Kier molecular flexibility index (Phi) is 11.1. The molecule has 1 heterocycles. The summed E-state index contributed by atoms with van der Waals surface area (Å²) in [7, 11) is 1.60. The Hall–Kier alpha value is -1.52. The first-order valence-electron chi connectivity index (χ1n) is 8.20. The maximum atomic E-state index is 8.87. The Morgan fingerprint density at radius 2 is 2.04 bits per heavy atom. The van der Waals surface area contributed by atoms with E-state index in [0.717, 1.165) is 18.1 Å². The lowest BCUT2D eigenvalue weighted by Gasteiger charge is -2.14. The molecule has 0 aliphatic heterocycles. The third kappa shape index (κ3) is 7.38. The molecule has 0 atom stereocenters. The van der Waals surface area contributed by atoms with Crippen LogP contribution in [0, 0.1) is 0 Å². The highest BCUT2D eigenvalue weighted by atomic mass is 127. The topological polar surface area (TPSA) is 75.1 Å². The van der Waals surface area contributed by atoms with E-state index in [2.05, 4.69) is 32.5 Å². The van der Waals surface area contributed by atoms with Crippen molar-refractivity contribution in [2.24, 2.45) is 4.99 Å². The number of benzene rings is 1. The average molecular weight is 491 g/mol. The Bertz CT molecular complexity index is 666. The molecule has 0 saturated carbocycles. The summed E-state index contributed by atoms with van der Waals surface area (Å²) in [6.45, 7) is 4.32. The van der Waals surface area contributed by atoms with Crippen molar-refractivity contribution in [2.45, 2.75) is 20.0 Å². The van der Waals surface area contributed by atoms with Crippen molar-refractivity contribution in [3.05, 3.63) is 46.2 Å². The van der Waals surface area contributed by atoms with Gasteiger partial charge < -0.3 is 25.2 Å². The fourth-order valence-corrected chi connectivity index (χ4v) is 2.84. The zero-order chi connectivity index (χ0) is 17.9.